The van der Waals surface area contributed by atoms with Crippen LogP contribution in [-0.4, -0.2) is 35.2 Å². The van der Waals surface area contributed by atoms with E-state index < -0.39 is 0 Å². The molecular formula is C12H25NO. The smallest absolute Gasteiger partial charge is 0.0555 e. The highest BCUT2D eigenvalue weighted by Gasteiger charge is 2.38. The van der Waals surface area contributed by atoms with Crippen LogP contribution >= 0.6 is 0 Å². The largest absolute Gasteiger partial charge is 0.393 e. The summed E-state index contributed by atoms with van der Waals surface area (Å²) in [6.07, 6.45) is 3.00. The van der Waals surface area contributed by atoms with Gasteiger partial charge in [-0.3, -0.25) is 0 Å². The van der Waals surface area contributed by atoms with Crippen molar-refractivity contribution in [1.82, 2.24) is 4.90 Å². The van der Waals surface area contributed by atoms with Crippen LogP contribution in [0, 0.1) is 5.41 Å². The fourth-order valence-electron chi connectivity index (χ4n) is 2.71. The van der Waals surface area contributed by atoms with E-state index in [1.165, 1.54) is 0 Å². The number of aliphatic hydroxyl groups excluding tert-OH is 1. The van der Waals surface area contributed by atoms with Crippen LogP contribution < -0.4 is 0 Å². The fraction of sp³-hybridized carbons (Fsp3) is 1.00. The first-order valence-corrected chi connectivity index (χ1v) is 5.93. The lowest BCUT2D eigenvalue weighted by Gasteiger charge is -2.46. The molecule has 0 aliphatic heterocycles. The van der Waals surface area contributed by atoms with Crippen molar-refractivity contribution in [2.75, 3.05) is 13.1 Å². The summed E-state index contributed by atoms with van der Waals surface area (Å²) in [5, 5.41) is 9.73. The van der Waals surface area contributed by atoms with Gasteiger partial charge in [-0.1, -0.05) is 27.7 Å². The van der Waals surface area contributed by atoms with E-state index in [0.29, 0.717) is 11.5 Å². The predicted octanol–water partition coefficient (Wildman–Crippen LogP) is 2.27. The van der Waals surface area contributed by atoms with Crippen LogP contribution in [-0.2, 0) is 0 Å². The summed E-state index contributed by atoms with van der Waals surface area (Å²) in [5.74, 6) is 0. The summed E-state index contributed by atoms with van der Waals surface area (Å²) in [6.45, 7) is 11.3. The van der Waals surface area contributed by atoms with Gasteiger partial charge < -0.3 is 10.0 Å². The average Bonchev–Trinajstić information content (AvgIpc) is 2.13. The summed E-state index contributed by atoms with van der Waals surface area (Å²) >= 11 is 0. The van der Waals surface area contributed by atoms with Gasteiger partial charge in [-0.25, -0.2) is 0 Å². The Labute approximate surface area is 88.3 Å². The van der Waals surface area contributed by atoms with Gasteiger partial charge in [0, 0.05) is 6.04 Å². The summed E-state index contributed by atoms with van der Waals surface area (Å²) in [5.41, 5.74) is 0.366. The molecule has 2 heteroatoms. The molecule has 0 radical (unpaired) electrons. The molecule has 2 atom stereocenters. The van der Waals surface area contributed by atoms with Crippen molar-refractivity contribution in [3.05, 3.63) is 0 Å². The van der Waals surface area contributed by atoms with Crippen molar-refractivity contribution >= 4 is 0 Å². The Balaban J connectivity index is 2.70. The van der Waals surface area contributed by atoms with Crippen molar-refractivity contribution in [1.29, 1.82) is 0 Å². The zero-order valence-corrected chi connectivity index (χ0v) is 10.1. The molecule has 0 heterocycles. The number of nitrogens with zero attached hydrogens (tertiary/aromatic N) is 1. The molecule has 84 valence electrons. The second kappa shape index (κ2) is 4.63. The van der Waals surface area contributed by atoms with Gasteiger partial charge in [0.25, 0.3) is 0 Å². The molecule has 0 amide bonds. The lowest BCUT2D eigenvalue weighted by atomic mass is 9.71. The van der Waals surface area contributed by atoms with E-state index in [0.717, 1.165) is 32.4 Å². The Kier molecular flexibility index (Phi) is 3.96. The number of rotatable bonds is 3. The van der Waals surface area contributed by atoms with Crippen LogP contribution in [0.3, 0.4) is 0 Å². The number of aliphatic hydroxyl groups is 1. The molecule has 1 rings (SSSR count). The topological polar surface area (TPSA) is 23.5 Å². The fourth-order valence-corrected chi connectivity index (χ4v) is 2.71. The van der Waals surface area contributed by atoms with Crippen molar-refractivity contribution in [2.24, 2.45) is 5.41 Å². The molecule has 0 spiro atoms. The summed E-state index contributed by atoms with van der Waals surface area (Å²) in [6, 6.07) is 0.557. The minimum Gasteiger partial charge on any atom is -0.393 e. The Morgan fingerprint density at radius 2 is 1.86 bits per heavy atom. The van der Waals surface area contributed by atoms with Gasteiger partial charge in [-0.2, -0.15) is 0 Å². The van der Waals surface area contributed by atoms with Gasteiger partial charge in [0.05, 0.1) is 6.10 Å². The predicted molar refractivity (Wildman–Crippen MR) is 60.3 cm³/mol. The molecule has 1 fully saturated rings. The molecule has 2 unspecified atom stereocenters. The van der Waals surface area contributed by atoms with Crippen LogP contribution in [0.2, 0.25) is 0 Å². The minimum absolute atomic E-state index is 0.0753. The third-order valence-corrected chi connectivity index (χ3v) is 3.77. The van der Waals surface area contributed by atoms with E-state index in [-0.39, 0.29) is 6.10 Å². The Bertz CT molecular complexity index is 175. The zero-order valence-electron chi connectivity index (χ0n) is 10.1. The highest BCUT2D eigenvalue weighted by molar-refractivity contribution is 4.92. The molecule has 0 saturated heterocycles. The molecule has 0 bridgehead atoms. The van der Waals surface area contributed by atoms with E-state index in [9.17, 15) is 5.11 Å². The molecular weight excluding hydrogens is 174 g/mol. The third-order valence-electron chi connectivity index (χ3n) is 3.77. The minimum atomic E-state index is -0.0753. The molecule has 1 aliphatic rings. The number of hydrogen-bond acceptors (Lipinski definition) is 2. The van der Waals surface area contributed by atoms with Gasteiger partial charge in [0.15, 0.2) is 0 Å². The van der Waals surface area contributed by atoms with E-state index in [2.05, 4.69) is 32.6 Å². The molecule has 2 nitrogen and oxygen atoms in total. The van der Waals surface area contributed by atoms with Crippen LogP contribution in [0.25, 0.3) is 0 Å². The SMILES string of the molecule is CCN(CC)C1CC(O)CCC1(C)C. The summed E-state index contributed by atoms with van der Waals surface area (Å²) in [4.78, 5) is 2.49. The lowest BCUT2D eigenvalue weighted by molar-refractivity contribution is -0.00748. The van der Waals surface area contributed by atoms with E-state index in [1.807, 2.05) is 0 Å². The van der Waals surface area contributed by atoms with Crippen molar-refractivity contribution < 1.29 is 5.11 Å². The molecule has 0 aromatic rings. The number of hydrogen-bond donors (Lipinski definition) is 1. The maximum atomic E-state index is 9.73. The molecule has 1 N–H and O–H groups in total. The summed E-state index contributed by atoms with van der Waals surface area (Å²) < 4.78 is 0. The zero-order chi connectivity index (χ0) is 10.8. The maximum absolute atomic E-state index is 9.73. The van der Waals surface area contributed by atoms with E-state index >= 15 is 0 Å². The second-order valence-electron chi connectivity index (χ2n) is 5.15. The van der Waals surface area contributed by atoms with Gasteiger partial charge in [-0.15, -0.1) is 0 Å². The van der Waals surface area contributed by atoms with Gasteiger partial charge in [0.1, 0.15) is 0 Å². The molecule has 14 heavy (non-hydrogen) atoms. The van der Waals surface area contributed by atoms with Crippen molar-refractivity contribution in [3.8, 4) is 0 Å². The average molecular weight is 199 g/mol. The highest BCUT2D eigenvalue weighted by atomic mass is 16.3. The van der Waals surface area contributed by atoms with E-state index in [4.69, 9.17) is 0 Å². The first-order chi connectivity index (χ1) is 6.51. The Morgan fingerprint density at radius 1 is 1.29 bits per heavy atom. The van der Waals surface area contributed by atoms with Crippen LogP contribution in [0.5, 0.6) is 0 Å². The van der Waals surface area contributed by atoms with Gasteiger partial charge in [-0.05, 0) is 37.8 Å². The normalized spacial score (nSPS) is 32.1. The van der Waals surface area contributed by atoms with E-state index in [1.54, 1.807) is 0 Å². The van der Waals surface area contributed by atoms with Gasteiger partial charge in [0.2, 0.25) is 0 Å². The Hall–Kier alpha value is -0.0800. The molecule has 0 aromatic carbocycles. The lowest BCUT2D eigenvalue weighted by Crippen LogP contribution is -2.50. The summed E-state index contributed by atoms with van der Waals surface area (Å²) in [7, 11) is 0. The molecule has 0 aromatic heterocycles. The highest BCUT2D eigenvalue weighted by Crippen LogP contribution is 2.38. The first kappa shape index (κ1) is 12.0. The quantitative estimate of drug-likeness (QED) is 0.753. The van der Waals surface area contributed by atoms with Gasteiger partial charge >= 0.3 is 0 Å². The maximum Gasteiger partial charge on any atom is 0.0555 e. The first-order valence-electron chi connectivity index (χ1n) is 5.93. The van der Waals surface area contributed by atoms with Crippen LogP contribution in [0.4, 0.5) is 0 Å². The van der Waals surface area contributed by atoms with Crippen molar-refractivity contribution in [3.63, 3.8) is 0 Å². The Morgan fingerprint density at radius 3 is 2.36 bits per heavy atom. The molecule has 1 aliphatic carbocycles. The molecule has 1 saturated carbocycles. The second-order valence-corrected chi connectivity index (χ2v) is 5.15. The third kappa shape index (κ3) is 2.48. The standard InChI is InChI=1S/C12H25NO/c1-5-13(6-2)11-9-10(14)7-8-12(11,3)4/h10-11,14H,5-9H2,1-4H3. The van der Waals surface area contributed by atoms with Crippen molar-refractivity contribution in [2.45, 2.75) is 59.1 Å². The van der Waals surface area contributed by atoms with Crippen LogP contribution in [0.1, 0.15) is 47.0 Å². The van der Waals surface area contributed by atoms with Crippen LogP contribution in [0.15, 0.2) is 0 Å². The monoisotopic (exact) mass is 199 g/mol.